The van der Waals surface area contributed by atoms with Crippen molar-refractivity contribution < 1.29 is 19.4 Å². The molecule has 0 saturated carbocycles. The number of carboxylic acid groups (broad SMARTS) is 1. The van der Waals surface area contributed by atoms with Crippen LogP contribution >= 0.6 is 15.9 Å². The van der Waals surface area contributed by atoms with Crippen LogP contribution in [-0.2, 0) is 4.79 Å². The van der Waals surface area contributed by atoms with Crippen molar-refractivity contribution in [3.8, 4) is 5.75 Å². The largest absolute Gasteiger partial charge is 0.497 e. The number of halogens is 1. The molecule has 5 heteroatoms. The molecule has 4 nitrogen and oxygen atoms in total. The first-order chi connectivity index (χ1) is 9.51. The second kappa shape index (κ2) is 6.05. The summed E-state index contributed by atoms with van der Waals surface area (Å²) in [7, 11) is 1.60. The molecule has 0 radical (unpaired) electrons. The first-order valence-corrected chi connectivity index (χ1v) is 6.90. The van der Waals surface area contributed by atoms with Crippen LogP contribution in [0, 0.1) is 0 Å². The zero-order chi connectivity index (χ0) is 14.7. The lowest BCUT2D eigenvalue weighted by atomic mass is 10.0. The number of benzene rings is 2. The van der Waals surface area contributed by atoms with E-state index in [1.165, 1.54) is 0 Å². The van der Waals surface area contributed by atoms with Crippen molar-refractivity contribution >= 4 is 38.5 Å². The minimum absolute atomic E-state index is 0.231. The van der Waals surface area contributed by atoms with Gasteiger partial charge < -0.3 is 9.84 Å². The number of aliphatic carboxylic acids is 1. The molecule has 0 amide bonds. The van der Waals surface area contributed by atoms with Gasteiger partial charge in [0.05, 0.1) is 18.4 Å². The molecule has 0 aliphatic rings. The fraction of sp³-hybridized carbons (Fsp3) is 0.200. The van der Waals surface area contributed by atoms with Gasteiger partial charge >= 0.3 is 5.97 Å². The molecule has 0 bridgehead atoms. The summed E-state index contributed by atoms with van der Waals surface area (Å²) in [6.07, 6.45) is -0.237. The van der Waals surface area contributed by atoms with Gasteiger partial charge in [-0.1, -0.05) is 34.1 Å². The van der Waals surface area contributed by atoms with Gasteiger partial charge in [-0.15, -0.1) is 0 Å². The van der Waals surface area contributed by atoms with Crippen LogP contribution in [-0.4, -0.2) is 28.8 Å². The summed E-state index contributed by atoms with van der Waals surface area (Å²) in [4.78, 5) is 22.0. The SMILES string of the molecule is COc1ccc2cc(C(=O)C(Br)CC(=O)O)ccc2c1. The number of Topliss-reactive ketones (excluding diaryl/α,β-unsaturated/α-hetero) is 1. The number of carbonyl (C=O) groups excluding carboxylic acids is 1. The lowest BCUT2D eigenvalue weighted by Crippen LogP contribution is -2.18. The second-order valence-corrected chi connectivity index (χ2v) is 5.46. The maximum atomic E-state index is 12.1. The molecule has 2 rings (SSSR count). The summed E-state index contributed by atoms with van der Waals surface area (Å²) in [5.41, 5.74) is 0.491. The fourth-order valence-electron chi connectivity index (χ4n) is 1.93. The molecule has 1 atom stereocenters. The molecule has 0 heterocycles. The second-order valence-electron chi connectivity index (χ2n) is 4.36. The monoisotopic (exact) mass is 336 g/mol. The summed E-state index contributed by atoms with van der Waals surface area (Å²) >= 11 is 3.12. The van der Waals surface area contributed by atoms with Gasteiger partial charge in [0.2, 0.25) is 0 Å². The van der Waals surface area contributed by atoms with Crippen LogP contribution in [0.5, 0.6) is 5.75 Å². The number of carboxylic acids is 1. The van der Waals surface area contributed by atoms with E-state index in [0.29, 0.717) is 5.56 Å². The summed E-state index contributed by atoms with van der Waals surface area (Å²) in [6, 6.07) is 10.8. The summed E-state index contributed by atoms with van der Waals surface area (Å²) < 4.78 is 5.14. The van der Waals surface area contributed by atoms with Crippen LogP contribution in [0.2, 0.25) is 0 Å². The minimum Gasteiger partial charge on any atom is -0.497 e. The van der Waals surface area contributed by atoms with Crippen molar-refractivity contribution in [3.63, 3.8) is 0 Å². The van der Waals surface area contributed by atoms with Crippen LogP contribution in [0.3, 0.4) is 0 Å². The molecule has 0 aliphatic heterocycles. The van der Waals surface area contributed by atoms with Crippen LogP contribution in [0.4, 0.5) is 0 Å². The molecule has 1 unspecified atom stereocenters. The predicted octanol–water partition coefficient (Wildman–Crippen LogP) is 3.27. The smallest absolute Gasteiger partial charge is 0.304 e. The van der Waals surface area contributed by atoms with E-state index in [0.717, 1.165) is 16.5 Å². The van der Waals surface area contributed by atoms with Gasteiger partial charge in [-0.25, -0.2) is 0 Å². The highest BCUT2D eigenvalue weighted by atomic mass is 79.9. The third kappa shape index (κ3) is 3.17. The molecule has 0 fully saturated rings. The van der Waals surface area contributed by atoms with Gasteiger partial charge in [0.1, 0.15) is 5.75 Å². The normalized spacial score (nSPS) is 12.1. The van der Waals surface area contributed by atoms with Crippen molar-refractivity contribution in [1.29, 1.82) is 0 Å². The van der Waals surface area contributed by atoms with E-state index < -0.39 is 10.8 Å². The highest BCUT2D eigenvalue weighted by Crippen LogP contribution is 2.23. The Labute approximate surface area is 124 Å². The van der Waals surface area contributed by atoms with Crippen LogP contribution in [0.25, 0.3) is 10.8 Å². The van der Waals surface area contributed by atoms with Crippen molar-refractivity contribution in [3.05, 3.63) is 42.0 Å². The Morgan fingerprint density at radius 1 is 1.20 bits per heavy atom. The number of alkyl halides is 1. The van der Waals surface area contributed by atoms with Crippen LogP contribution in [0.1, 0.15) is 16.8 Å². The van der Waals surface area contributed by atoms with E-state index in [9.17, 15) is 9.59 Å². The Bertz CT molecular complexity index is 666. The summed E-state index contributed by atoms with van der Waals surface area (Å²) in [6.45, 7) is 0. The molecule has 0 spiro atoms. The molecule has 2 aromatic carbocycles. The lowest BCUT2D eigenvalue weighted by Gasteiger charge is -2.08. The third-order valence-electron chi connectivity index (χ3n) is 2.97. The number of carbonyl (C=O) groups is 2. The molecule has 104 valence electrons. The Hall–Kier alpha value is -1.88. The highest BCUT2D eigenvalue weighted by molar-refractivity contribution is 9.10. The predicted molar refractivity (Wildman–Crippen MR) is 79.8 cm³/mol. The molecule has 20 heavy (non-hydrogen) atoms. The van der Waals surface area contributed by atoms with Gasteiger partial charge in [0, 0.05) is 5.56 Å². The van der Waals surface area contributed by atoms with E-state index in [1.807, 2.05) is 24.3 Å². The zero-order valence-electron chi connectivity index (χ0n) is 10.8. The lowest BCUT2D eigenvalue weighted by molar-refractivity contribution is -0.136. The van der Waals surface area contributed by atoms with Gasteiger partial charge in [-0.3, -0.25) is 9.59 Å². The van der Waals surface area contributed by atoms with E-state index in [1.54, 1.807) is 19.2 Å². The topological polar surface area (TPSA) is 63.6 Å². The van der Waals surface area contributed by atoms with E-state index in [-0.39, 0.29) is 12.2 Å². The Kier molecular flexibility index (Phi) is 4.39. The third-order valence-corrected chi connectivity index (χ3v) is 3.71. The Morgan fingerprint density at radius 3 is 2.50 bits per heavy atom. The van der Waals surface area contributed by atoms with Crippen LogP contribution in [0.15, 0.2) is 36.4 Å². The summed E-state index contributed by atoms with van der Waals surface area (Å²) in [5, 5.41) is 10.6. The van der Waals surface area contributed by atoms with Gasteiger partial charge in [0.15, 0.2) is 5.78 Å². The van der Waals surface area contributed by atoms with Crippen molar-refractivity contribution in [2.75, 3.05) is 7.11 Å². The van der Waals surface area contributed by atoms with Gasteiger partial charge in [-0.2, -0.15) is 0 Å². The highest BCUT2D eigenvalue weighted by Gasteiger charge is 2.20. The zero-order valence-corrected chi connectivity index (χ0v) is 12.4. The minimum atomic E-state index is -1.01. The van der Waals surface area contributed by atoms with E-state index in [4.69, 9.17) is 9.84 Å². The molecule has 0 aromatic heterocycles. The summed E-state index contributed by atoms with van der Waals surface area (Å²) in [5.74, 6) is -0.489. The molecule has 2 aromatic rings. The quantitative estimate of drug-likeness (QED) is 0.672. The van der Waals surface area contributed by atoms with Crippen molar-refractivity contribution in [1.82, 2.24) is 0 Å². The average Bonchev–Trinajstić information content (AvgIpc) is 2.44. The molecule has 0 saturated heterocycles. The maximum Gasteiger partial charge on any atom is 0.304 e. The van der Waals surface area contributed by atoms with Gasteiger partial charge in [0.25, 0.3) is 0 Å². The first kappa shape index (κ1) is 14.5. The number of fused-ring (bicyclic) bond motifs is 1. The molecular weight excluding hydrogens is 324 g/mol. The molecule has 1 N–H and O–H groups in total. The van der Waals surface area contributed by atoms with E-state index in [2.05, 4.69) is 15.9 Å². The number of methoxy groups -OCH3 is 1. The fourth-order valence-corrected chi connectivity index (χ4v) is 2.47. The number of ether oxygens (including phenoxy) is 1. The number of rotatable bonds is 5. The van der Waals surface area contributed by atoms with Crippen molar-refractivity contribution in [2.45, 2.75) is 11.2 Å². The van der Waals surface area contributed by atoms with Gasteiger partial charge in [-0.05, 0) is 29.0 Å². The maximum absolute atomic E-state index is 12.1. The number of ketones is 1. The molecule has 0 aliphatic carbocycles. The first-order valence-electron chi connectivity index (χ1n) is 5.99. The molecular formula is C15H13BrO4. The van der Waals surface area contributed by atoms with Crippen molar-refractivity contribution in [2.24, 2.45) is 0 Å². The number of hydrogen-bond acceptors (Lipinski definition) is 3. The number of hydrogen-bond donors (Lipinski definition) is 1. The standard InChI is InChI=1S/C15H13BrO4/c1-20-12-5-4-9-6-11(3-2-10(9)7-12)15(19)13(16)8-14(17)18/h2-7,13H,8H2,1H3,(H,17,18). The average molecular weight is 337 g/mol. The Balaban J connectivity index is 2.32. The Morgan fingerprint density at radius 2 is 1.85 bits per heavy atom. The van der Waals surface area contributed by atoms with E-state index >= 15 is 0 Å². The van der Waals surface area contributed by atoms with Crippen LogP contribution < -0.4 is 4.74 Å².